The number of nitrogen functional groups attached to an aromatic ring is 1. The van der Waals surface area contributed by atoms with Gasteiger partial charge >= 0.3 is 0 Å². The molecule has 162 valence electrons. The van der Waals surface area contributed by atoms with Gasteiger partial charge in [0, 0.05) is 23.3 Å². The Labute approximate surface area is 196 Å². The van der Waals surface area contributed by atoms with Crippen LogP contribution in [0.15, 0.2) is 66.3 Å². The van der Waals surface area contributed by atoms with Crippen LogP contribution in [0.2, 0.25) is 0 Å². The Morgan fingerprint density at radius 3 is 2.45 bits per heavy atom. The van der Waals surface area contributed by atoms with Gasteiger partial charge in [0.2, 0.25) is 0 Å². The van der Waals surface area contributed by atoms with Crippen molar-refractivity contribution < 1.29 is 0 Å². The number of aromatic nitrogens is 4. The van der Waals surface area contributed by atoms with Crippen molar-refractivity contribution in [3.05, 3.63) is 94.7 Å². The first kappa shape index (κ1) is 20.9. The molecule has 0 saturated heterocycles. The summed E-state index contributed by atoms with van der Waals surface area (Å²) in [6.07, 6.45) is 6.34. The zero-order valence-corrected chi connectivity index (χ0v) is 19.0. The minimum Gasteiger partial charge on any atom is -0.375 e. The van der Waals surface area contributed by atoms with Crippen LogP contribution < -0.4 is 5.73 Å². The predicted octanol–water partition coefficient (Wildman–Crippen LogP) is 6.14. The molecule has 0 unspecified atom stereocenters. The summed E-state index contributed by atoms with van der Waals surface area (Å²) in [5, 5.41) is 2.62. The molecule has 3 aromatic heterocycles. The highest BCUT2D eigenvalue weighted by atomic mass is 32.1. The predicted molar refractivity (Wildman–Crippen MR) is 133 cm³/mol. The van der Waals surface area contributed by atoms with E-state index in [1.807, 2.05) is 42.0 Å². The molecule has 2 aromatic carbocycles. The van der Waals surface area contributed by atoms with Crippen molar-refractivity contribution in [2.45, 2.75) is 26.2 Å². The van der Waals surface area contributed by atoms with Gasteiger partial charge in [-0.3, -0.25) is 4.40 Å². The second-order valence-electron chi connectivity index (χ2n) is 7.93. The molecule has 0 bridgehead atoms. The van der Waals surface area contributed by atoms with E-state index in [1.54, 1.807) is 0 Å². The lowest BCUT2D eigenvalue weighted by Crippen LogP contribution is -2.05. The third kappa shape index (κ3) is 4.21. The molecule has 0 spiro atoms. The Morgan fingerprint density at radius 2 is 1.76 bits per heavy atom. The van der Waals surface area contributed by atoms with Gasteiger partial charge in [0.05, 0.1) is 29.3 Å². The molecule has 0 saturated carbocycles. The monoisotopic (exact) mass is 450 g/mol. The van der Waals surface area contributed by atoms with E-state index in [-0.39, 0.29) is 0 Å². The molecule has 0 aliphatic carbocycles. The molecule has 0 amide bonds. The van der Waals surface area contributed by atoms with Crippen LogP contribution in [0.3, 0.4) is 0 Å². The summed E-state index contributed by atoms with van der Waals surface area (Å²) in [6, 6.07) is 16.1. The molecule has 0 aliphatic rings. The summed E-state index contributed by atoms with van der Waals surface area (Å²) >= 11 is 1.47. The fourth-order valence-corrected chi connectivity index (χ4v) is 4.57. The lowest BCUT2D eigenvalue weighted by Gasteiger charge is -2.15. The van der Waals surface area contributed by atoms with E-state index in [2.05, 4.69) is 50.4 Å². The maximum atomic E-state index is 7.27. The van der Waals surface area contributed by atoms with E-state index in [4.69, 9.17) is 17.3 Å². The summed E-state index contributed by atoms with van der Waals surface area (Å²) < 4.78 is 2.13. The van der Waals surface area contributed by atoms with Gasteiger partial charge < -0.3 is 5.73 Å². The average Bonchev–Trinajstić information content (AvgIpc) is 3.49. The summed E-state index contributed by atoms with van der Waals surface area (Å²) in [6.45, 7) is 9.35. The first-order valence-electron chi connectivity index (χ1n) is 10.7. The molecule has 0 fully saturated rings. The van der Waals surface area contributed by atoms with Crippen LogP contribution in [-0.2, 0) is 12.8 Å². The van der Waals surface area contributed by atoms with Gasteiger partial charge in [-0.2, -0.15) is 0 Å². The molecule has 5 aromatic rings. The molecule has 2 N–H and O–H groups in total. The van der Waals surface area contributed by atoms with Gasteiger partial charge in [0.25, 0.3) is 0 Å². The van der Waals surface area contributed by atoms with Crippen LogP contribution in [0.4, 0.5) is 10.8 Å². The van der Waals surface area contributed by atoms with Crippen molar-refractivity contribution in [2.75, 3.05) is 5.73 Å². The normalized spacial score (nSPS) is 11.0. The number of hydrogen-bond donors (Lipinski definition) is 1. The quantitative estimate of drug-likeness (QED) is 0.316. The van der Waals surface area contributed by atoms with E-state index in [0.717, 1.165) is 58.8 Å². The third-order valence-corrected chi connectivity index (χ3v) is 6.34. The highest BCUT2D eigenvalue weighted by Crippen LogP contribution is 2.33. The fourth-order valence-electron chi connectivity index (χ4n) is 3.97. The molecule has 7 heteroatoms. The second kappa shape index (κ2) is 8.85. The number of nitrogens with two attached hydrogens (primary N) is 1. The van der Waals surface area contributed by atoms with E-state index in [1.165, 1.54) is 16.9 Å². The largest absolute Gasteiger partial charge is 0.375 e. The van der Waals surface area contributed by atoms with Crippen molar-refractivity contribution in [3.63, 3.8) is 0 Å². The van der Waals surface area contributed by atoms with Crippen molar-refractivity contribution in [2.24, 2.45) is 0 Å². The molecule has 0 atom stereocenters. The Hall–Kier alpha value is -4.02. The molecule has 3 heterocycles. The maximum Gasteiger partial charge on any atom is 0.187 e. The van der Waals surface area contributed by atoms with Crippen LogP contribution in [0, 0.1) is 13.5 Å². The minimum absolute atomic E-state index is 0.603. The van der Waals surface area contributed by atoms with Crippen molar-refractivity contribution in [1.29, 1.82) is 0 Å². The van der Waals surface area contributed by atoms with Crippen molar-refractivity contribution in [3.8, 4) is 22.5 Å². The van der Waals surface area contributed by atoms with Gasteiger partial charge in [-0.15, -0.1) is 11.3 Å². The van der Waals surface area contributed by atoms with E-state index < -0.39 is 0 Å². The first-order valence-corrected chi connectivity index (χ1v) is 11.6. The van der Waals surface area contributed by atoms with Crippen LogP contribution in [0.25, 0.3) is 33.0 Å². The highest BCUT2D eigenvalue weighted by molar-refractivity contribution is 7.13. The number of fused-ring (bicyclic) bond motifs is 1. The molecular weight excluding hydrogens is 428 g/mol. The SMILES string of the molecule is [C-]#[N+]c1ccc(-c2nc(CCCc3csc(N)n3)c3nccn3c2-c2ccc(C)cc2)cc1. The number of aryl methyl sites for hydroxylation is 3. The van der Waals surface area contributed by atoms with Crippen molar-refractivity contribution in [1.82, 2.24) is 19.4 Å². The zero-order chi connectivity index (χ0) is 22.8. The number of hydrogen-bond acceptors (Lipinski definition) is 5. The van der Waals surface area contributed by atoms with Crippen molar-refractivity contribution >= 4 is 27.8 Å². The van der Waals surface area contributed by atoms with Gasteiger partial charge in [0.1, 0.15) is 0 Å². The summed E-state index contributed by atoms with van der Waals surface area (Å²) in [4.78, 5) is 17.7. The topological polar surface area (TPSA) is 73.5 Å². The van der Waals surface area contributed by atoms with Crippen LogP contribution in [0.5, 0.6) is 0 Å². The number of thiazole rings is 1. The molecular formula is C26H22N6S. The van der Waals surface area contributed by atoms with E-state index in [0.29, 0.717) is 10.8 Å². The molecule has 5 rings (SSSR count). The van der Waals surface area contributed by atoms with Gasteiger partial charge in [-0.25, -0.2) is 19.8 Å². The average molecular weight is 451 g/mol. The lowest BCUT2D eigenvalue weighted by atomic mass is 10.0. The van der Waals surface area contributed by atoms with Gasteiger partial charge in [-0.05, 0) is 31.7 Å². The van der Waals surface area contributed by atoms with E-state index in [9.17, 15) is 0 Å². The smallest absolute Gasteiger partial charge is 0.187 e. The molecule has 6 nitrogen and oxygen atoms in total. The Morgan fingerprint density at radius 1 is 1.00 bits per heavy atom. The fraction of sp³-hybridized carbons (Fsp3) is 0.154. The lowest BCUT2D eigenvalue weighted by molar-refractivity contribution is 0.786. The molecule has 33 heavy (non-hydrogen) atoms. The number of nitrogens with zero attached hydrogens (tertiary/aromatic N) is 5. The van der Waals surface area contributed by atoms with E-state index >= 15 is 0 Å². The maximum absolute atomic E-state index is 7.27. The molecule has 0 aliphatic heterocycles. The van der Waals surface area contributed by atoms with Crippen LogP contribution >= 0.6 is 11.3 Å². The Kier molecular flexibility index (Phi) is 5.59. The van der Waals surface area contributed by atoms with Gasteiger partial charge in [-0.1, -0.05) is 54.1 Å². The first-order chi connectivity index (χ1) is 16.1. The third-order valence-electron chi connectivity index (χ3n) is 5.62. The number of benzene rings is 2. The summed E-state index contributed by atoms with van der Waals surface area (Å²) in [5.41, 5.74) is 14.3. The Balaban J connectivity index is 1.61. The molecule has 0 radical (unpaired) electrons. The number of imidazole rings is 1. The number of anilines is 1. The van der Waals surface area contributed by atoms with Crippen LogP contribution in [0.1, 0.15) is 23.4 Å². The summed E-state index contributed by atoms with van der Waals surface area (Å²) in [5.74, 6) is 0. The number of rotatable bonds is 6. The second-order valence-corrected chi connectivity index (χ2v) is 8.82. The minimum atomic E-state index is 0.603. The van der Waals surface area contributed by atoms with Crippen LogP contribution in [-0.4, -0.2) is 19.4 Å². The summed E-state index contributed by atoms with van der Waals surface area (Å²) in [7, 11) is 0. The zero-order valence-electron chi connectivity index (χ0n) is 18.2. The standard InChI is InChI=1S/C26H22N6S/c1-17-6-8-19(9-7-17)24-23(18-10-12-20(28-2)13-11-18)31-22(25-29-14-15-32(24)25)5-3-4-21-16-33-26(27)30-21/h6-16H,3-5H2,1H3,(H2,27,30). The highest BCUT2D eigenvalue weighted by Gasteiger charge is 2.18. The van der Waals surface area contributed by atoms with Gasteiger partial charge in [0.15, 0.2) is 16.5 Å². The Bertz CT molecular complexity index is 1460.